The normalized spacial score (nSPS) is 16.7. The Bertz CT molecular complexity index is 406. The Labute approximate surface area is 133 Å². The van der Waals surface area contributed by atoms with Crippen LogP contribution in [0.5, 0.6) is 0 Å². The fraction of sp³-hybridized carbons (Fsp3) is 0.800. The lowest BCUT2D eigenvalue weighted by molar-refractivity contribution is -0.127. The summed E-state index contributed by atoms with van der Waals surface area (Å²) in [7, 11) is -3.64. The average Bonchev–Trinajstić information content (AvgIpc) is 2.52. The van der Waals surface area contributed by atoms with E-state index in [9.17, 15) is 9.36 Å². The highest BCUT2D eigenvalue weighted by atomic mass is 31.2. The number of phosphoric acid groups is 1. The molecule has 1 amide bonds. The molecule has 1 heterocycles. The molecule has 0 aliphatic carbocycles. The van der Waals surface area contributed by atoms with Crippen LogP contribution in [-0.2, 0) is 22.9 Å². The molecular weight excluding hydrogens is 305 g/mol. The Morgan fingerprint density at radius 3 is 2.14 bits per heavy atom. The van der Waals surface area contributed by atoms with Crippen molar-refractivity contribution < 1.29 is 22.9 Å². The number of hydrogen-bond acceptors (Lipinski definition) is 5. The summed E-state index contributed by atoms with van der Waals surface area (Å²) in [5.41, 5.74) is 0. The molecule has 6 nitrogen and oxygen atoms in total. The number of hydrogen-bond donors (Lipinski definition) is 0. The van der Waals surface area contributed by atoms with Gasteiger partial charge in [-0.3, -0.25) is 13.8 Å². The number of carbonyl (C=O) groups is 1. The van der Waals surface area contributed by atoms with Crippen LogP contribution in [0.4, 0.5) is 0 Å². The lowest BCUT2D eigenvalue weighted by atomic mass is 10.1. The third-order valence-corrected chi connectivity index (χ3v) is 4.67. The summed E-state index contributed by atoms with van der Waals surface area (Å²) in [6.45, 7) is 7.51. The maximum Gasteiger partial charge on any atom is 0.529 e. The zero-order valence-corrected chi connectivity index (χ0v) is 14.8. The minimum Gasteiger partial charge on any atom is -0.409 e. The van der Waals surface area contributed by atoms with E-state index in [0.29, 0.717) is 12.8 Å². The van der Waals surface area contributed by atoms with Gasteiger partial charge in [0, 0.05) is 19.2 Å². The van der Waals surface area contributed by atoms with Crippen LogP contribution in [0.15, 0.2) is 11.8 Å². The van der Waals surface area contributed by atoms with E-state index in [0.717, 1.165) is 32.4 Å². The van der Waals surface area contributed by atoms with Crippen LogP contribution in [0, 0.1) is 0 Å². The van der Waals surface area contributed by atoms with E-state index in [1.807, 2.05) is 13.8 Å². The van der Waals surface area contributed by atoms with Crippen LogP contribution in [0.3, 0.4) is 0 Å². The van der Waals surface area contributed by atoms with Crippen molar-refractivity contribution in [2.75, 3.05) is 26.3 Å². The zero-order valence-electron chi connectivity index (χ0n) is 13.9. The number of carbonyl (C=O) groups excluding carboxylic acids is 1. The summed E-state index contributed by atoms with van der Waals surface area (Å²) < 4.78 is 28.2. The molecule has 1 rings (SSSR count). The van der Waals surface area contributed by atoms with Crippen LogP contribution < -0.4 is 0 Å². The van der Waals surface area contributed by atoms with Crippen LogP contribution in [-0.4, -0.2) is 37.1 Å². The van der Waals surface area contributed by atoms with E-state index in [2.05, 4.69) is 0 Å². The van der Waals surface area contributed by atoms with Gasteiger partial charge in [0.25, 0.3) is 0 Å². The van der Waals surface area contributed by atoms with Gasteiger partial charge in [-0.1, -0.05) is 13.8 Å². The fourth-order valence-corrected chi connectivity index (χ4v) is 3.48. The molecule has 0 saturated carbocycles. The van der Waals surface area contributed by atoms with Gasteiger partial charge in [0.15, 0.2) is 0 Å². The second kappa shape index (κ2) is 10.0. The van der Waals surface area contributed by atoms with Crippen molar-refractivity contribution in [3.63, 3.8) is 0 Å². The third kappa shape index (κ3) is 6.95. The van der Waals surface area contributed by atoms with Gasteiger partial charge < -0.3 is 9.42 Å². The molecule has 0 unspecified atom stereocenters. The molecular formula is C15H28NO5P. The molecule has 0 aromatic heterocycles. The maximum atomic E-state index is 12.5. The smallest absolute Gasteiger partial charge is 0.409 e. The molecule has 1 saturated heterocycles. The highest BCUT2D eigenvalue weighted by Gasteiger charge is 2.28. The summed E-state index contributed by atoms with van der Waals surface area (Å²) in [4.78, 5) is 13.9. The topological polar surface area (TPSA) is 65.1 Å². The Morgan fingerprint density at radius 2 is 1.64 bits per heavy atom. The maximum absolute atomic E-state index is 12.5. The summed E-state index contributed by atoms with van der Waals surface area (Å²) in [6, 6.07) is 0. The Kier molecular flexibility index (Phi) is 8.76. The van der Waals surface area contributed by atoms with E-state index in [1.54, 1.807) is 11.8 Å². The number of rotatable bonds is 9. The molecule has 1 aliphatic rings. The lowest BCUT2D eigenvalue weighted by Crippen LogP contribution is -2.34. The van der Waals surface area contributed by atoms with Gasteiger partial charge in [-0.15, -0.1) is 0 Å². The molecule has 0 atom stereocenters. The van der Waals surface area contributed by atoms with E-state index < -0.39 is 7.82 Å². The summed E-state index contributed by atoms with van der Waals surface area (Å²) in [6.07, 6.45) is 5.99. The SMILES string of the molecule is CCCOP(=O)(OCCC)O/C(C)=C/C(=O)N1CCCCC1. The third-order valence-electron chi connectivity index (χ3n) is 3.16. The van der Waals surface area contributed by atoms with Gasteiger partial charge in [-0.25, -0.2) is 4.57 Å². The fourth-order valence-electron chi connectivity index (χ4n) is 2.08. The average molecular weight is 333 g/mol. The molecule has 0 bridgehead atoms. The van der Waals surface area contributed by atoms with Crippen molar-refractivity contribution in [2.45, 2.75) is 52.9 Å². The summed E-state index contributed by atoms with van der Waals surface area (Å²) in [5.74, 6) is 0.140. The van der Waals surface area contributed by atoms with Gasteiger partial charge in [0.2, 0.25) is 5.91 Å². The number of amides is 1. The van der Waals surface area contributed by atoms with Crippen LogP contribution in [0.25, 0.3) is 0 Å². The molecule has 128 valence electrons. The second-order valence-corrected chi connectivity index (χ2v) is 6.94. The minimum absolute atomic E-state index is 0.116. The predicted molar refractivity (Wildman–Crippen MR) is 85.4 cm³/mol. The summed E-state index contributed by atoms with van der Waals surface area (Å²) >= 11 is 0. The Balaban J connectivity index is 2.63. The lowest BCUT2D eigenvalue weighted by Gasteiger charge is -2.25. The van der Waals surface area contributed by atoms with Crippen molar-refractivity contribution in [1.82, 2.24) is 4.90 Å². The zero-order chi connectivity index (χ0) is 16.4. The molecule has 0 N–H and O–H groups in total. The van der Waals surface area contributed by atoms with Crippen molar-refractivity contribution in [3.8, 4) is 0 Å². The molecule has 0 aromatic carbocycles. The highest BCUT2D eigenvalue weighted by molar-refractivity contribution is 7.48. The van der Waals surface area contributed by atoms with Crippen molar-refractivity contribution in [2.24, 2.45) is 0 Å². The van der Waals surface area contributed by atoms with Crippen LogP contribution in [0.1, 0.15) is 52.9 Å². The van der Waals surface area contributed by atoms with E-state index in [4.69, 9.17) is 13.6 Å². The van der Waals surface area contributed by atoms with Crippen LogP contribution >= 0.6 is 7.82 Å². The molecule has 22 heavy (non-hydrogen) atoms. The quantitative estimate of drug-likeness (QED) is 0.364. The molecule has 1 aliphatic heterocycles. The first-order valence-electron chi connectivity index (χ1n) is 8.06. The van der Waals surface area contributed by atoms with Gasteiger partial charge in [-0.2, -0.15) is 0 Å². The molecule has 0 spiro atoms. The number of piperidine rings is 1. The van der Waals surface area contributed by atoms with Crippen molar-refractivity contribution in [3.05, 3.63) is 11.8 Å². The standard InChI is InChI=1S/C15H28NO5P/c1-4-11-19-22(18,20-12-5-2)21-14(3)13-15(17)16-9-7-6-8-10-16/h13H,4-12H2,1-3H3/b14-13+. The first-order valence-corrected chi connectivity index (χ1v) is 9.52. The highest BCUT2D eigenvalue weighted by Crippen LogP contribution is 2.51. The van der Waals surface area contributed by atoms with E-state index >= 15 is 0 Å². The van der Waals surface area contributed by atoms with Gasteiger partial charge in [0.1, 0.15) is 5.76 Å². The number of likely N-dealkylation sites (tertiary alicyclic amines) is 1. The minimum atomic E-state index is -3.64. The molecule has 7 heteroatoms. The Morgan fingerprint density at radius 1 is 1.09 bits per heavy atom. The van der Waals surface area contributed by atoms with E-state index in [1.165, 1.54) is 6.08 Å². The molecule has 1 fully saturated rings. The van der Waals surface area contributed by atoms with Crippen molar-refractivity contribution >= 4 is 13.7 Å². The second-order valence-electron chi connectivity index (χ2n) is 5.35. The summed E-state index contributed by atoms with van der Waals surface area (Å²) in [5, 5.41) is 0. The van der Waals surface area contributed by atoms with Gasteiger partial charge >= 0.3 is 7.82 Å². The predicted octanol–water partition coefficient (Wildman–Crippen LogP) is 3.88. The number of nitrogens with zero attached hydrogens (tertiary/aromatic N) is 1. The van der Waals surface area contributed by atoms with Gasteiger partial charge in [0.05, 0.1) is 13.2 Å². The largest absolute Gasteiger partial charge is 0.529 e. The first kappa shape index (κ1) is 19.2. The number of phosphoric ester groups is 1. The monoisotopic (exact) mass is 333 g/mol. The van der Waals surface area contributed by atoms with Gasteiger partial charge in [-0.05, 0) is 39.0 Å². The molecule has 0 aromatic rings. The Hall–Kier alpha value is -0.840. The van der Waals surface area contributed by atoms with Crippen LogP contribution in [0.2, 0.25) is 0 Å². The molecule has 0 radical (unpaired) electrons. The van der Waals surface area contributed by atoms with Crippen molar-refractivity contribution in [1.29, 1.82) is 0 Å². The number of allylic oxidation sites excluding steroid dienone is 1. The first-order chi connectivity index (χ1) is 10.5. The van der Waals surface area contributed by atoms with E-state index in [-0.39, 0.29) is 24.9 Å².